The maximum Gasteiger partial charge on any atom is 0.272 e. The molecule has 1 aliphatic heterocycles. The molecule has 1 fully saturated rings. The molecule has 1 aromatic rings. The Morgan fingerprint density at radius 1 is 1.44 bits per heavy atom. The predicted molar refractivity (Wildman–Crippen MR) is 53.7 cm³/mol. The number of aromatic nitrogens is 2. The lowest BCUT2D eigenvalue weighted by Crippen LogP contribution is -2.37. The van der Waals surface area contributed by atoms with Gasteiger partial charge in [0.2, 0.25) is 5.91 Å². The van der Waals surface area contributed by atoms with Crippen LogP contribution in [0.2, 0.25) is 0 Å². The maximum absolute atomic E-state index is 11.6. The molecule has 1 aliphatic rings. The van der Waals surface area contributed by atoms with Crippen LogP contribution in [0.1, 0.15) is 16.9 Å². The molecule has 0 spiro atoms. The minimum atomic E-state index is -0.405. The van der Waals surface area contributed by atoms with Crippen LogP contribution in [0.25, 0.3) is 0 Å². The van der Waals surface area contributed by atoms with Crippen LogP contribution in [-0.4, -0.2) is 34.6 Å². The van der Waals surface area contributed by atoms with Crippen LogP contribution in [0.4, 0.5) is 0 Å². The predicted octanol–water partition coefficient (Wildman–Crippen LogP) is -1.61. The van der Waals surface area contributed by atoms with E-state index >= 15 is 0 Å². The minimum absolute atomic E-state index is 0.0836. The van der Waals surface area contributed by atoms with E-state index in [1.54, 1.807) is 0 Å². The first-order valence-corrected chi connectivity index (χ1v) is 4.78. The molecule has 0 bridgehead atoms. The van der Waals surface area contributed by atoms with Crippen molar-refractivity contribution in [1.82, 2.24) is 20.8 Å². The first kappa shape index (κ1) is 10.3. The number of hydrogen-bond acceptors (Lipinski definition) is 4. The molecule has 0 saturated carbocycles. The highest BCUT2D eigenvalue weighted by molar-refractivity contribution is 5.93. The van der Waals surface area contributed by atoms with E-state index < -0.39 is 5.91 Å². The van der Waals surface area contributed by atoms with Gasteiger partial charge in [0.25, 0.3) is 11.5 Å². The first-order chi connectivity index (χ1) is 7.65. The molecule has 2 rings (SSSR count). The standard InChI is InChI=1S/C9H10N4O3/c14-7-2-1-6(12-13-7)9(16)11-5-3-8(15)10-4-5/h1-2,5H,3-4H2,(H,10,15)(H,11,16)(H,13,14)/t5-/m0/s1. The summed E-state index contributed by atoms with van der Waals surface area (Å²) in [6.45, 7) is 0.425. The molecule has 0 aliphatic carbocycles. The molecule has 3 N–H and O–H groups in total. The van der Waals surface area contributed by atoms with Crippen LogP contribution >= 0.6 is 0 Å². The first-order valence-electron chi connectivity index (χ1n) is 4.78. The van der Waals surface area contributed by atoms with Crippen LogP contribution in [-0.2, 0) is 4.79 Å². The van der Waals surface area contributed by atoms with Gasteiger partial charge in [0.15, 0.2) is 0 Å². The molecule has 0 radical (unpaired) electrons. The molecular formula is C9H10N4O3. The van der Waals surface area contributed by atoms with Crippen LogP contribution in [0, 0.1) is 0 Å². The van der Waals surface area contributed by atoms with E-state index in [2.05, 4.69) is 20.8 Å². The second-order valence-corrected chi connectivity index (χ2v) is 3.49. The summed E-state index contributed by atoms with van der Waals surface area (Å²) in [6, 6.07) is 2.34. The number of carbonyl (C=O) groups is 2. The van der Waals surface area contributed by atoms with Gasteiger partial charge in [0.1, 0.15) is 5.69 Å². The largest absolute Gasteiger partial charge is 0.354 e. The molecule has 7 heteroatoms. The Labute approximate surface area is 90.2 Å². The van der Waals surface area contributed by atoms with Gasteiger partial charge in [0.05, 0.1) is 6.04 Å². The SMILES string of the molecule is O=C1C[C@H](NC(=O)c2ccc(=O)[nH]n2)CN1. The van der Waals surface area contributed by atoms with E-state index in [1.165, 1.54) is 12.1 Å². The average molecular weight is 222 g/mol. The van der Waals surface area contributed by atoms with Gasteiger partial charge in [-0.25, -0.2) is 5.10 Å². The highest BCUT2D eigenvalue weighted by Crippen LogP contribution is 2.00. The van der Waals surface area contributed by atoms with Crippen molar-refractivity contribution in [2.24, 2.45) is 0 Å². The summed E-state index contributed by atoms with van der Waals surface area (Å²) < 4.78 is 0. The van der Waals surface area contributed by atoms with Crippen molar-refractivity contribution in [3.63, 3.8) is 0 Å². The van der Waals surface area contributed by atoms with Crippen molar-refractivity contribution in [3.05, 3.63) is 28.2 Å². The zero-order valence-electron chi connectivity index (χ0n) is 8.32. The van der Waals surface area contributed by atoms with Crippen molar-refractivity contribution in [2.75, 3.05) is 6.54 Å². The molecule has 2 amide bonds. The third-order valence-electron chi connectivity index (χ3n) is 2.22. The van der Waals surface area contributed by atoms with E-state index in [4.69, 9.17) is 0 Å². The molecule has 0 unspecified atom stereocenters. The highest BCUT2D eigenvalue weighted by Gasteiger charge is 2.23. The molecule has 1 atom stereocenters. The van der Waals surface area contributed by atoms with E-state index in [0.29, 0.717) is 6.54 Å². The monoisotopic (exact) mass is 222 g/mol. The average Bonchev–Trinajstić information content (AvgIpc) is 2.65. The molecule has 2 heterocycles. The summed E-state index contributed by atoms with van der Waals surface area (Å²) in [5.74, 6) is -0.488. The summed E-state index contributed by atoms with van der Waals surface area (Å²) >= 11 is 0. The van der Waals surface area contributed by atoms with Gasteiger partial charge >= 0.3 is 0 Å². The number of rotatable bonds is 2. The lowest BCUT2D eigenvalue weighted by Gasteiger charge is -2.08. The number of amides is 2. The van der Waals surface area contributed by atoms with Crippen LogP contribution < -0.4 is 16.2 Å². The molecule has 84 valence electrons. The maximum atomic E-state index is 11.6. The smallest absolute Gasteiger partial charge is 0.272 e. The third-order valence-corrected chi connectivity index (χ3v) is 2.22. The Morgan fingerprint density at radius 2 is 2.25 bits per heavy atom. The van der Waals surface area contributed by atoms with Crippen molar-refractivity contribution < 1.29 is 9.59 Å². The molecule has 7 nitrogen and oxygen atoms in total. The van der Waals surface area contributed by atoms with Crippen molar-refractivity contribution in [2.45, 2.75) is 12.5 Å². The normalized spacial score (nSPS) is 19.2. The third kappa shape index (κ3) is 2.25. The Morgan fingerprint density at radius 3 is 2.81 bits per heavy atom. The van der Waals surface area contributed by atoms with Crippen LogP contribution in [0.5, 0.6) is 0 Å². The van der Waals surface area contributed by atoms with Gasteiger partial charge in [-0.2, -0.15) is 5.10 Å². The highest BCUT2D eigenvalue weighted by atomic mass is 16.2. The van der Waals surface area contributed by atoms with Gasteiger partial charge < -0.3 is 10.6 Å². The zero-order valence-corrected chi connectivity index (χ0v) is 8.32. The van der Waals surface area contributed by atoms with Gasteiger partial charge in [-0.05, 0) is 6.07 Å². The van der Waals surface area contributed by atoms with E-state index in [1.807, 2.05) is 0 Å². The Kier molecular flexibility index (Phi) is 2.67. The fourth-order valence-corrected chi connectivity index (χ4v) is 1.44. The summed E-state index contributed by atoms with van der Waals surface area (Å²) in [6.07, 6.45) is 0.273. The fraction of sp³-hybridized carbons (Fsp3) is 0.333. The Hall–Kier alpha value is -2.18. The molecule has 0 aromatic carbocycles. The van der Waals surface area contributed by atoms with Crippen molar-refractivity contribution >= 4 is 11.8 Å². The molecule has 1 saturated heterocycles. The molecular weight excluding hydrogens is 212 g/mol. The van der Waals surface area contributed by atoms with Crippen molar-refractivity contribution in [1.29, 1.82) is 0 Å². The lowest BCUT2D eigenvalue weighted by atomic mass is 10.2. The van der Waals surface area contributed by atoms with Crippen LogP contribution in [0.3, 0.4) is 0 Å². The Bertz CT molecular complexity index is 461. The second kappa shape index (κ2) is 4.13. The lowest BCUT2D eigenvalue weighted by molar-refractivity contribution is -0.119. The van der Waals surface area contributed by atoms with Gasteiger partial charge in [-0.3, -0.25) is 14.4 Å². The topological polar surface area (TPSA) is 104 Å². The van der Waals surface area contributed by atoms with Gasteiger partial charge in [0, 0.05) is 19.0 Å². The quantitative estimate of drug-likeness (QED) is 0.559. The number of hydrogen-bond donors (Lipinski definition) is 3. The molecule has 16 heavy (non-hydrogen) atoms. The zero-order chi connectivity index (χ0) is 11.5. The van der Waals surface area contributed by atoms with Crippen LogP contribution in [0.15, 0.2) is 16.9 Å². The van der Waals surface area contributed by atoms with E-state index in [9.17, 15) is 14.4 Å². The van der Waals surface area contributed by atoms with Gasteiger partial charge in [-0.1, -0.05) is 0 Å². The van der Waals surface area contributed by atoms with E-state index in [-0.39, 0.29) is 29.6 Å². The summed E-state index contributed by atoms with van der Waals surface area (Å²) in [5, 5.41) is 11.0. The number of H-pyrrole nitrogens is 1. The minimum Gasteiger partial charge on any atom is -0.354 e. The fourth-order valence-electron chi connectivity index (χ4n) is 1.44. The second-order valence-electron chi connectivity index (χ2n) is 3.49. The summed E-state index contributed by atoms with van der Waals surface area (Å²) in [5.41, 5.74) is -0.242. The summed E-state index contributed by atoms with van der Waals surface area (Å²) in [4.78, 5) is 33.2. The number of nitrogens with zero attached hydrogens (tertiary/aromatic N) is 1. The van der Waals surface area contributed by atoms with Gasteiger partial charge in [-0.15, -0.1) is 0 Å². The number of carbonyl (C=O) groups excluding carboxylic acids is 2. The van der Waals surface area contributed by atoms with E-state index in [0.717, 1.165) is 0 Å². The number of aromatic amines is 1. The summed E-state index contributed by atoms with van der Waals surface area (Å²) in [7, 11) is 0. The van der Waals surface area contributed by atoms with Crippen molar-refractivity contribution in [3.8, 4) is 0 Å². The molecule has 1 aromatic heterocycles. The Balaban J connectivity index is 2.00. The number of nitrogens with one attached hydrogen (secondary N) is 3.